The summed E-state index contributed by atoms with van der Waals surface area (Å²) in [4.78, 5) is 43.9. The molecule has 0 saturated carbocycles. The zero-order chi connectivity index (χ0) is 46.8. The summed E-state index contributed by atoms with van der Waals surface area (Å²) in [6.07, 6.45) is 7.90. The number of nitrogens with one attached hydrogen (secondary N) is 1. The first-order chi connectivity index (χ1) is 31.3. The predicted molar refractivity (Wildman–Crippen MR) is 248 cm³/mol. The van der Waals surface area contributed by atoms with Crippen LogP contribution in [0.15, 0.2) is 87.1 Å². The highest BCUT2D eigenvalue weighted by Crippen LogP contribution is 2.37. The van der Waals surface area contributed by atoms with Crippen LogP contribution in [0.25, 0.3) is 16.7 Å². The topological polar surface area (TPSA) is 215 Å². The third-order valence-electron chi connectivity index (χ3n) is 12.0. The second-order valence-electron chi connectivity index (χ2n) is 16.6. The number of nitrogens with two attached hydrogens (primary N) is 2. The number of pyridine rings is 1. The SMILES string of the molecule is C=C(/C(OC1CN=NN1[C@H](C(=O)N1CCC[C@H]1C(=O)N[C@@H](CO)c1ccc(-c2ccncc2C)cc1)C(C)C)=C(CC)/N=C(/N=C\C)OC1CCOCC1)c1c(C)c(F)cc(N)c1C=[NH2+]. The number of allylic oxidation sites excluding steroid dienone is 2. The molecule has 0 aliphatic carbocycles. The van der Waals surface area contributed by atoms with E-state index in [1.807, 2.05) is 58.0 Å². The number of hydrogen-bond donors (Lipinski definition) is 4. The summed E-state index contributed by atoms with van der Waals surface area (Å²) in [6, 6.07) is 8.48. The van der Waals surface area contributed by atoms with E-state index in [2.05, 4.69) is 32.2 Å². The molecule has 17 heteroatoms. The van der Waals surface area contributed by atoms with Gasteiger partial charge in [0, 0.05) is 54.8 Å². The Kier molecular flexibility index (Phi) is 16.3. The van der Waals surface area contributed by atoms with Crippen LogP contribution >= 0.6 is 0 Å². The van der Waals surface area contributed by atoms with Crippen LogP contribution in [0.4, 0.5) is 10.1 Å². The fourth-order valence-corrected chi connectivity index (χ4v) is 8.48. The van der Waals surface area contributed by atoms with Gasteiger partial charge in [-0.3, -0.25) is 20.0 Å². The number of aliphatic hydroxyl groups excluding tert-OH is 1. The number of benzene rings is 2. The number of aliphatic imine (C=N–C) groups is 2. The molecule has 1 unspecified atom stereocenters. The summed E-state index contributed by atoms with van der Waals surface area (Å²) >= 11 is 0. The molecule has 3 aliphatic rings. The number of aryl methyl sites for hydroxylation is 1. The van der Waals surface area contributed by atoms with E-state index in [0.29, 0.717) is 68.7 Å². The molecule has 6 N–H and O–H groups in total. The summed E-state index contributed by atoms with van der Waals surface area (Å²) in [5.41, 5.74) is 11.7. The molecule has 0 radical (unpaired) electrons. The third kappa shape index (κ3) is 11.0. The minimum Gasteiger partial charge on any atom is -0.464 e. The quantitative estimate of drug-likeness (QED) is 0.0474. The van der Waals surface area contributed by atoms with E-state index in [0.717, 1.165) is 22.3 Å². The molecule has 2 fully saturated rings. The smallest absolute Gasteiger partial charge is 0.316 e. The van der Waals surface area contributed by atoms with Crippen LogP contribution in [0.5, 0.6) is 0 Å². The number of rotatable bonds is 16. The van der Waals surface area contributed by atoms with E-state index in [-0.39, 0.29) is 65.6 Å². The van der Waals surface area contributed by atoms with Gasteiger partial charge in [-0.2, -0.15) is 10.1 Å². The van der Waals surface area contributed by atoms with Gasteiger partial charge in [-0.05, 0) is 85.9 Å². The van der Waals surface area contributed by atoms with Crippen molar-refractivity contribution in [2.75, 3.05) is 38.6 Å². The molecule has 3 aliphatic heterocycles. The first kappa shape index (κ1) is 48.1. The first-order valence-electron chi connectivity index (χ1n) is 22.2. The van der Waals surface area contributed by atoms with Gasteiger partial charge in [-0.25, -0.2) is 14.4 Å². The molecule has 2 saturated heterocycles. The Morgan fingerprint density at radius 2 is 1.89 bits per heavy atom. The van der Waals surface area contributed by atoms with E-state index >= 15 is 4.39 Å². The molecular formula is C48H62FN10O6+. The Morgan fingerprint density at radius 3 is 2.54 bits per heavy atom. The van der Waals surface area contributed by atoms with Crippen molar-refractivity contribution in [2.45, 2.75) is 104 Å². The fraction of sp³-hybridized carbons (Fsp3) is 0.458. The van der Waals surface area contributed by atoms with Crippen molar-refractivity contribution >= 4 is 41.5 Å². The minimum atomic E-state index is -0.964. The summed E-state index contributed by atoms with van der Waals surface area (Å²) in [6.45, 7) is 16.5. The monoisotopic (exact) mass is 893 g/mol. The van der Waals surface area contributed by atoms with Crippen molar-refractivity contribution in [3.05, 3.63) is 100 Å². The molecule has 4 atom stereocenters. The Morgan fingerprint density at radius 1 is 1.15 bits per heavy atom. The number of carbonyl (C=O) groups excluding carboxylic acids is 2. The van der Waals surface area contributed by atoms with Crippen LogP contribution in [-0.2, 0) is 23.8 Å². The Hall–Kier alpha value is -6.33. The van der Waals surface area contributed by atoms with Gasteiger partial charge in [0.1, 0.15) is 30.5 Å². The highest BCUT2D eigenvalue weighted by molar-refractivity contribution is 5.96. The van der Waals surface area contributed by atoms with Crippen LogP contribution in [0.3, 0.4) is 0 Å². The molecule has 3 aromatic rings. The summed E-state index contributed by atoms with van der Waals surface area (Å²) < 4.78 is 34.1. The number of nitrogens with zero attached hydrogens (tertiary/aromatic N) is 7. The van der Waals surface area contributed by atoms with Crippen molar-refractivity contribution < 1.29 is 38.7 Å². The molecular weight excluding hydrogens is 832 g/mol. The number of nitrogen functional groups attached to an aromatic ring is 1. The zero-order valence-corrected chi connectivity index (χ0v) is 38.2. The lowest BCUT2D eigenvalue weighted by Crippen LogP contribution is -2.56. The average Bonchev–Trinajstić information content (AvgIpc) is 3.99. The van der Waals surface area contributed by atoms with Gasteiger partial charge in [-0.1, -0.05) is 56.8 Å². The number of aromatic nitrogens is 1. The molecule has 2 aromatic carbocycles. The number of carbonyl (C=O) groups is 2. The zero-order valence-electron chi connectivity index (χ0n) is 38.2. The predicted octanol–water partition coefficient (Wildman–Crippen LogP) is 5.43. The number of amidine groups is 1. The van der Waals surface area contributed by atoms with Gasteiger partial charge < -0.3 is 35.3 Å². The second kappa shape index (κ2) is 22.0. The molecule has 1 aromatic heterocycles. The minimum absolute atomic E-state index is 0.0221. The number of ether oxygens (including phenoxy) is 3. The molecule has 0 bridgehead atoms. The van der Waals surface area contributed by atoms with Crippen LogP contribution in [0.2, 0.25) is 0 Å². The number of likely N-dealkylation sites (tertiary alicyclic amines) is 1. The van der Waals surface area contributed by atoms with Crippen LogP contribution in [0.1, 0.15) is 93.7 Å². The maximum Gasteiger partial charge on any atom is 0.316 e. The van der Waals surface area contributed by atoms with Gasteiger partial charge in [0.15, 0.2) is 12.0 Å². The Labute approximate surface area is 380 Å². The Bertz CT molecular complexity index is 2340. The summed E-state index contributed by atoms with van der Waals surface area (Å²) in [5.74, 6) is -1.45. The average molecular weight is 894 g/mol. The van der Waals surface area contributed by atoms with Gasteiger partial charge in [-0.15, -0.1) is 0 Å². The maximum absolute atomic E-state index is 15.4. The van der Waals surface area contributed by atoms with Crippen molar-refractivity contribution in [3.63, 3.8) is 0 Å². The lowest BCUT2D eigenvalue weighted by molar-refractivity contribution is -0.148. The van der Waals surface area contributed by atoms with Crippen molar-refractivity contribution in [3.8, 4) is 11.1 Å². The molecule has 6 rings (SSSR count). The van der Waals surface area contributed by atoms with E-state index < -0.39 is 30.2 Å². The first-order valence-corrected chi connectivity index (χ1v) is 22.2. The number of hydrogen-bond acceptors (Lipinski definition) is 12. The highest BCUT2D eigenvalue weighted by Gasteiger charge is 2.44. The van der Waals surface area contributed by atoms with Gasteiger partial charge in [0.05, 0.1) is 37.1 Å². The van der Waals surface area contributed by atoms with Gasteiger partial charge >= 0.3 is 6.02 Å². The van der Waals surface area contributed by atoms with Crippen molar-refractivity contribution in [1.82, 2.24) is 20.2 Å². The van der Waals surface area contributed by atoms with E-state index in [1.54, 1.807) is 37.4 Å². The molecule has 4 heterocycles. The normalized spacial score (nSPS) is 19.4. The maximum atomic E-state index is 15.4. The molecule has 0 spiro atoms. The van der Waals surface area contributed by atoms with Crippen molar-refractivity contribution in [2.24, 2.45) is 26.2 Å². The van der Waals surface area contributed by atoms with Crippen LogP contribution < -0.4 is 16.5 Å². The standard InChI is InChI=1S/C48H61FN10O6/c1-8-39(56-48(53-9-2)64-34-17-21-63-22-18-34)45(31(7)43-30(6)37(49)23-38(51)36(43)24-50)65-42-26-54-57-59(42)44(28(3)4)47(62)58-20-10-11-41(58)46(61)55-40(27-60)33-14-12-32(13-15-33)35-16-19-52-25-29(35)5/h9,12-16,19,23-25,28,34,40-42,44,50,60H,7-8,10-11,17-18,20-22,26-27,51H2,1-6H3,(H,55,61)/p+1/b45-39-,50-24?,53-9-,56-48-/t40-,41-,42?,44-/m0/s1. The fourth-order valence-electron chi connectivity index (χ4n) is 8.48. The number of aliphatic hydroxyl groups is 1. The highest BCUT2D eigenvalue weighted by atomic mass is 19.1. The van der Waals surface area contributed by atoms with E-state index in [1.165, 1.54) is 17.3 Å². The largest absolute Gasteiger partial charge is 0.464 e. The second-order valence-corrected chi connectivity index (χ2v) is 16.6. The van der Waals surface area contributed by atoms with Crippen LogP contribution in [0, 0.1) is 25.6 Å². The van der Waals surface area contributed by atoms with Crippen molar-refractivity contribution in [1.29, 1.82) is 0 Å². The Balaban J connectivity index is 1.29. The molecule has 346 valence electrons. The number of amides is 2. The van der Waals surface area contributed by atoms with E-state index in [9.17, 15) is 14.7 Å². The van der Waals surface area contributed by atoms with Gasteiger partial charge in [0.2, 0.25) is 18.0 Å². The van der Waals surface area contributed by atoms with E-state index in [4.69, 9.17) is 30.3 Å². The number of anilines is 1. The summed E-state index contributed by atoms with van der Waals surface area (Å²) in [7, 11) is 0. The number of halogens is 1. The third-order valence-corrected chi connectivity index (χ3v) is 12.0. The molecule has 2 amide bonds. The molecule has 65 heavy (non-hydrogen) atoms. The van der Waals surface area contributed by atoms with Gasteiger partial charge in [0.25, 0.3) is 0 Å². The lowest BCUT2D eigenvalue weighted by atomic mass is 9.92. The summed E-state index contributed by atoms with van der Waals surface area (Å²) in [5, 5.41) is 29.8. The lowest BCUT2D eigenvalue weighted by Gasteiger charge is -2.36. The van der Waals surface area contributed by atoms with Crippen LogP contribution in [-0.4, -0.2) is 108 Å². The molecule has 16 nitrogen and oxygen atoms in total.